The van der Waals surface area contributed by atoms with Gasteiger partial charge in [0.15, 0.2) is 0 Å². The van der Waals surface area contributed by atoms with Crippen molar-refractivity contribution in [2.24, 2.45) is 5.73 Å². The van der Waals surface area contributed by atoms with E-state index in [0.29, 0.717) is 5.56 Å². The average molecular weight is 463 g/mol. The molecule has 13 heteroatoms. The molecule has 1 aromatic heterocycles. The Morgan fingerprint density at radius 3 is 2.33 bits per heavy atom. The molecule has 0 saturated heterocycles. The smallest absolute Gasteiger partial charge is 0.326 e. The largest absolute Gasteiger partial charge is 0.481 e. The number of hydrogen-bond acceptors (Lipinski definition) is 7. The van der Waals surface area contributed by atoms with E-state index in [1.54, 1.807) is 30.5 Å². The molecule has 2 aromatic rings. The van der Waals surface area contributed by atoms with Crippen LogP contribution in [0.4, 0.5) is 0 Å². The molecule has 13 nitrogen and oxygen atoms in total. The highest BCUT2D eigenvalue weighted by Gasteiger charge is 2.29. The number of aliphatic carboxylic acids is 2. The molecule has 0 aliphatic rings. The lowest BCUT2D eigenvalue weighted by atomic mass is 10.0. The first kappa shape index (κ1) is 25.3. The maximum Gasteiger partial charge on any atom is 0.326 e. The molecule has 1 heterocycles. The molecule has 0 radical (unpaired) electrons. The number of carbonyl (C=O) groups is 5. The van der Waals surface area contributed by atoms with Crippen molar-refractivity contribution in [3.05, 3.63) is 36.0 Å². The van der Waals surface area contributed by atoms with Crippen LogP contribution in [0.5, 0.6) is 0 Å². The molecule has 0 bridgehead atoms. The Hall–Kier alpha value is -3.97. The van der Waals surface area contributed by atoms with Gasteiger partial charge in [0, 0.05) is 23.5 Å². The van der Waals surface area contributed by atoms with Gasteiger partial charge in [0.05, 0.1) is 19.6 Å². The normalized spacial score (nSPS) is 13.5. The molecule has 33 heavy (non-hydrogen) atoms. The van der Waals surface area contributed by atoms with Crippen LogP contribution in [-0.4, -0.2) is 81.2 Å². The van der Waals surface area contributed by atoms with Gasteiger partial charge in [-0.25, -0.2) is 4.79 Å². The van der Waals surface area contributed by atoms with Crippen LogP contribution in [0.25, 0.3) is 10.9 Å². The third-order valence-corrected chi connectivity index (χ3v) is 4.70. The summed E-state index contributed by atoms with van der Waals surface area (Å²) >= 11 is 0. The highest BCUT2D eigenvalue weighted by atomic mass is 16.4. The number of aromatic nitrogens is 1. The first-order chi connectivity index (χ1) is 15.6. The predicted octanol–water partition coefficient (Wildman–Crippen LogP) is -2.32. The monoisotopic (exact) mass is 463 g/mol. The molecule has 178 valence electrons. The molecule has 3 unspecified atom stereocenters. The molecule has 1 aromatic carbocycles. The van der Waals surface area contributed by atoms with Gasteiger partial charge in [-0.2, -0.15) is 0 Å². The Labute approximate surface area is 187 Å². The molecule has 3 amide bonds. The number of aliphatic hydroxyl groups excluding tert-OH is 1. The van der Waals surface area contributed by atoms with E-state index in [4.69, 9.17) is 15.9 Å². The van der Waals surface area contributed by atoms with Crippen molar-refractivity contribution in [3.8, 4) is 0 Å². The van der Waals surface area contributed by atoms with E-state index in [0.717, 1.165) is 10.9 Å². The van der Waals surface area contributed by atoms with Gasteiger partial charge in [0.25, 0.3) is 0 Å². The van der Waals surface area contributed by atoms with Crippen LogP contribution in [0, 0.1) is 0 Å². The predicted molar refractivity (Wildman–Crippen MR) is 114 cm³/mol. The molecule has 0 aliphatic carbocycles. The number of nitrogens with two attached hydrogens (primary N) is 1. The number of carboxylic acids is 2. The van der Waals surface area contributed by atoms with E-state index < -0.39 is 67.4 Å². The van der Waals surface area contributed by atoms with Gasteiger partial charge in [0.2, 0.25) is 17.7 Å². The van der Waals surface area contributed by atoms with Gasteiger partial charge in [-0.1, -0.05) is 18.2 Å². The highest BCUT2D eigenvalue weighted by Crippen LogP contribution is 2.19. The van der Waals surface area contributed by atoms with Gasteiger partial charge >= 0.3 is 11.9 Å². The summed E-state index contributed by atoms with van der Waals surface area (Å²) < 4.78 is 0. The third kappa shape index (κ3) is 7.29. The molecule has 0 aliphatic heterocycles. The summed E-state index contributed by atoms with van der Waals surface area (Å²) in [7, 11) is 0. The Bertz CT molecular complexity index is 1040. The van der Waals surface area contributed by atoms with E-state index in [1.807, 2.05) is 0 Å². The minimum absolute atomic E-state index is 0.0894. The third-order valence-electron chi connectivity index (χ3n) is 4.70. The van der Waals surface area contributed by atoms with Gasteiger partial charge < -0.3 is 42.0 Å². The second-order valence-electron chi connectivity index (χ2n) is 7.19. The van der Waals surface area contributed by atoms with E-state index in [9.17, 15) is 29.1 Å². The van der Waals surface area contributed by atoms with Gasteiger partial charge in [-0.3, -0.25) is 19.2 Å². The zero-order valence-corrected chi connectivity index (χ0v) is 17.4. The molecule has 2 rings (SSSR count). The number of H-pyrrole nitrogens is 1. The molecule has 9 N–H and O–H groups in total. The molecule has 0 fully saturated rings. The number of para-hydroxylation sites is 1. The molecular formula is C20H25N5O8. The number of nitrogens with one attached hydrogen (secondary N) is 4. The van der Waals surface area contributed by atoms with E-state index >= 15 is 0 Å². The molecule has 3 atom stereocenters. The lowest BCUT2D eigenvalue weighted by Crippen LogP contribution is -2.54. The van der Waals surface area contributed by atoms with Crippen molar-refractivity contribution in [1.29, 1.82) is 0 Å². The molecular weight excluding hydrogens is 438 g/mol. The first-order valence-corrected chi connectivity index (χ1v) is 9.85. The van der Waals surface area contributed by atoms with Gasteiger partial charge in [0.1, 0.15) is 18.1 Å². The van der Waals surface area contributed by atoms with Crippen molar-refractivity contribution < 1.29 is 39.3 Å². The number of carboxylic acid groups (broad SMARTS) is 2. The SMILES string of the molecule is NC(CO)C(=O)NCC(=O)NC(CC(=O)O)C(=O)NC(Cc1c[nH]c2ccccc12)C(=O)O. The summed E-state index contributed by atoms with van der Waals surface area (Å²) in [5.41, 5.74) is 6.70. The number of fused-ring (bicyclic) bond motifs is 1. The standard InChI is InChI=1S/C20H25N5O8/c21-12(9-26)18(30)23-8-16(27)24-14(6-17(28)29)19(31)25-15(20(32)33)5-10-7-22-13-4-2-1-3-11(10)13/h1-4,7,12,14-15,22,26H,5-6,8-9,21H2,(H,23,30)(H,24,27)(H,25,31)(H,28,29)(H,32,33). The topological polar surface area (TPSA) is 224 Å². The number of hydrogen-bond donors (Lipinski definition) is 8. The van der Waals surface area contributed by atoms with Crippen molar-refractivity contribution >= 4 is 40.6 Å². The quantitative estimate of drug-likeness (QED) is 0.169. The fourth-order valence-corrected chi connectivity index (χ4v) is 3.00. The van der Waals surface area contributed by atoms with E-state index in [1.165, 1.54) is 0 Å². The maximum absolute atomic E-state index is 12.6. The second kappa shape index (κ2) is 11.6. The number of aliphatic hydroxyl groups is 1. The van der Waals surface area contributed by atoms with Crippen LogP contribution >= 0.6 is 0 Å². The fourth-order valence-electron chi connectivity index (χ4n) is 3.00. The first-order valence-electron chi connectivity index (χ1n) is 9.85. The number of rotatable bonds is 12. The zero-order valence-electron chi connectivity index (χ0n) is 17.4. The summed E-state index contributed by atoms with van der Waals surface area (Å²) in [6.07, 6.45) is 0.706. The summed E-state index contributed by atoms with van der Waals surface area (Å²) in [6, 6.07) is 2.92. The summed E-state index contributed by atoms with van der Waals surface area (Å²) in [5.74, 6) is -5.50. The van der Waals surface area contributed by atoms with Crippen molar-refractivity contribution in [1.82, 2.24) is 20.9 Å². The number of amides is 3. The zero-order chi connectivity index (χ0) is 24.5. The fraction of sp³-hybridized carbons (Fsp3) is 0.350. The van der Waals surface area contributed by atoms with Crippen molar-refractivity contribution in [3.63, 3.8) is 0 Å². The van der Waals surface area contributed by atoms with Gasteiger partial charge in [-0.15, -0.1) is 0 Å². The lowest BCUT2D eigenvalue weighted by molar-refractivity contribution is -0.143. The maximum atomic E-state index is 12.6. The van der Waals surface area contributed by atoms with Crippen LogP contribution in [0.1, 0.15) is 12.0 Å². The van der Waals surface area contributed by atoms with Crippen LogP contribution < -0.4 is 21.7 Å². The Kier molecular flexibility index (Phi) is 8.89. The van der Waals surface area contributed by atoms with Crippen LogP contribution in [0.3, 0.4) is 0 Å². The summed E-state index contributed by atoms with van der Waals surface area (Å²) in [6.45, 7) is -1.28. The Morgan fingerprint density at radius 1 is 1.00 bits per heavy atom. The lowest BCUT2D eigenvalue weighted by Gasteiger charge is -2.20. The number of aromatic amines is 1. The van der Waals surface area contributed by atoms with Crippen LogP contribution in [0.15, 0.2) is 30.5 Å². The summed E-state index contributed by atoms with van der Waals surface area (Å²) in [5, 5.41) is 34.7. The number of carbonyl (C=O) groups excluding carboxylic acids is 3. The Morgan fingerprint density at radius 2 is 1.70 bits per heavy atom. The van der Waals surface area contributed by atoms with E-state index in [2.05, 4.69) is 20.9 Å². The second-order valence-corrected chi connectivity index (χ2v) is 7.19. The van der Waals surface area contributed by atoms with Crippen molar-refractivity contribution in [2.45, 2.75) is 31.0 Å². The van der Waals surface area contributed by atoms with Gasteiger partial charge in [-0.05, 0) is 11.6 Å². The number of benzene rings is 1. The van der Waals surface area contributed by atoms with Crippen molar-refractivity contribution in [2.75, 3.05) is 13.2 Å². The Balaban J connectivity index is 2.06. The van der Waals surface area contributed by atoms with Crippen LogP contribution in [0.2, 0.25) is 0 Å². The average Bonchev–Trinajstić information content (AvgIpc) is 3.18. The highest BCUT2D eigenvalue weighted by molar-refractivity contribution is 5.94. The molecule has 0 spiro atoms. The molecule has 0 saturated carbocycles. The summed E-state index contributed by atoms with van der Waals surface area (Å²) in [4.78, 5) is 62.1. The van der Waals surface area contributed by atoms with E-state index in [-0.39, 0.29) is 6.42 Å². The minimum atomic E-state index is -1.59. The van der Waals surface area contributed by atoms with Crippen LogP contribution in [-0.2, 0) is 30.4 Å². The minimum Gasteiger partial charge on any atom is -0.481 e.